The summed E-state index contributed by atoms with van der Waals surface area (Å²) in [5.74, 6) is 0.855. The molecular formula is C10H22N2. The molecule has 2 heteroatoms. The molecule has 2 nitrogen and oxygen atoms in total. The van der Waals surface area contributed by atoms with E-state index in [1.165, 1.54) is 26.1 Å². The molecular weight excluding hydrogens is 148 g/mol. The predicted molar refractivity (Wildman–Crippen MR) is 53.3 cm³/mol. The molecule has 1 aliphatic heterocycles. The molecule has 0 radical (unpaired) electrons. The smallest absolute Gasteiger partial charge is 0.00207 e. The molecule has 0 aliphatic carbocycles. The molecule has 1 heterocycles. The minimum atomic E-state index is 0.568. The maximum atomic E-state index is 3.37. The van der Waals surface area contributed by atoms with Crippen LogP contribution in [0.3, 0.4) is 0 Å². The molecule has 1 aliphatic rings. The summed E-state index contributed by atoms with van der Waals surface area (Å²) >= 11 is 0. The van der Waals surface area contributed by atoms with Gasteiger partial charge in [-0.3, -0.25) is 0 Å². The van der Waals surface area contributed by atoms with Gasteiger partial charge >= 0.3 is 0 Å². The molecule has 0 aromatic carbocycles. The Balaban J connectivity index is 2.43. The molecule has 0 bridgehead atoms. The molecule has 1 atom stereocenters. The third kappa shape index (κ3) is 1.99. The summed E-state index contributed by atoms with van der Waals surface area (Å²) in [5.41, 5.74) is 0.568. The Bertz CT molecular complexity index is 139. The van der Waals surface area contributed by atoms with E-state index >= 15 is 0 Å². The topological polar surface area (TPSA) is 15.3 Å². The van der Waals surface area contributed by atoms with Crippen molar-refractivity contribution in [3.05, 3.63) is 0 Å². The lowest BCUT2D eigenvalue weighted by Crippen LogP contribution is -2.57. The third-order valence-electron chi connectivity index (χ3n) is 3.12. The van der Waals surface area contributed by atoms with Gasteiger partial charge in [0.25, 0.3) is 0 Å². The zero-order valence-electron chi connectivity index (χ0n) is 8.85. The lowest BCUT2D eigenvalue weighted by Gasteiger charge is -2.46. The van der Waals surface area contributed by atoms with E-state index < -0.39 is 0 Å². The largest absolute Gasteiger partial charge is 0.316 e. The van der Waals surface area contributed by atoms with Gasteiger partial charge in [-0.05, 0) is 25.4 Å². The highest BCUT2D eigenvalue weighted by molar-refractivity contribution is 4.93. The van der Waals surface area contributed by atoms with Crippen molar-refractivity contribution in [2.45, 2.75) is 20.3 Å². The molecule has 12 heavy (non-hydrogen) atoms. The van der Waals surface area contributed by atoms with Crippen LogP contribution in [0.1, 0.15) is 20.3 Å². The maximum absolute atomic E-state index is 3.37. The van der Waals surface area contributed by atoms with Gasteiger partial charge in [0.2, 0.25) is 0 Å². The Morgan fingerprint density at radius 2 is 2.00 bits per heavy atom. The maximum Gasteiger partial charge on any atom is 0.00207 e. The molecule has 1 fully saturated rings. The summed E-state index contributed by atoms with van der Waals surface area (Å²) in [6, 6.07) is 0. The zero-order valence-corrected chi connectivity index (χ0v) is 8.85. The van der Waals surface area contributed by atoms with Crippen LogP contribution in [0, 0.1) is 11.3 Å². The Hall–Kier alpha value is -0.0800. The zero-order chi connectivity index (χ0) is 9.19. The molecule has 0 aromatic heterocycles. The Kier molecular flexibility index (Phi) is 3.13. The van der Waals surface area contributed by atoms with Crippen LogP contribution in [-0.2, 0) is 0 Å². The number of rotatable bonds is 4. The van der Waals surface area contributed by atoms with Crippen LogP contribution < -0.4 is 5.32 Å². The molecule has 0 saturated carbocycles. The van der Waals surface area contributed by atoms with Gasteiger partial charge in [-0.15, -0.1) is 0 Å². The van der Waals surface area contributed by atoms with E-state index in [0.29, 0.717) is 5.41 Å². The van der Waals surface area contributed by atoms with E-state index in [4.69, 9.17) is 0 Å². The van der Waals surface area contributed by atoms with Crippen LogP contribution in [0.5, 0.6) is 0 Å². The Labute approximate surface area is 76.3 Å². The van der Waals surface area contributed by atoms with E-state index in [-0.39, 0.29) is 0 Å². The summed E-state index contributed by atoms with van der Waals surface area (Å²) in [4.78, 5) is 2.30. The summed E-state index contributed by atoms with van der Waals surface area (Å²) < 4.78 is 0. The first-order valence-electron chi connectivity index (χ1n) is 4.94. The van der Waals surface area contributed by atoms with Gasteiger partial charge in [0.1, 0.15) is 0 Å². The van der Waals surface area contributed by atoms with Crippen LogP contribution in [0.4, 0.5) is 0 Å². The Morgan fingerprint density at radius 1 is 1.42 bits per heavy atom. The first-order valence-corrected chi connectivity index (χ1v) is 4.94. The van der Waals surface area contributed by atoms with Crippen molar-refractivity contribution in [2.75, 3.05) is 33.7 Å². The highest BCUT2D eigenvalue weighted by atomic mass is 15.1. The summed E-state index contributed by atoms with van der Waals surface area (Å²) in [5, 5.41) is 3.37. The summed E-state index contributed by atoms with van der Waals surface area (Å²) in [7, 11) is 4.33. The van der Waals surface area contributed by atoms with Crippen molar-refractivity contribution in [1.82, 2.24) is 10.2 Å². The van der Waals surface area contributed by atoms with E-state index in [9.17, 15) is 0 Å². The average Bonchev–Trinajstić information content (AvgIpc) is 1.95. The van der Waals surface area contributed by atoms with Crippen molar-refractivity contribution in [3.63, 3.8) is 0 Å². The van der Waals surface area contributed by atoms with Crippen molar-refractivity contribution in [1.29, 1.82) is 0 Å². The fourth-order valence-electron chi connectivity index (χ4n) is 2.09. The standard InChI is InChI=1S/C10H22N2/c1-5-9(6-12(3)4)10(2)7-11-8-10/h9,11H,5-8H2,1-4H3. The fourth-order valence-corrected chi connectivity index (χ4v) is 2.09. The second-order valence-corrected chi connectivity index (χ2v) is 4.62. The number of hydrogen-bond acceptors (Lipinski definition) is 2. The molecule has 72 valence electrons. The molecule has 0 spiro atoms. The lowest BCUT2D eigenvalue weighted by atomic mass is 9.71. The second-order valence-electron chi connectivity index (χ2n) is 4.62. The van der Waals surface area contributed by atoms with Gasteiger partial charge in [0.15, 0.2) is 0 Å². The molecule has 0 amide bonds. The normalized spacial score (nSPS) is 23.8. The molecule has 1 saturated heterocycles. The highest BCUT2D eigenvalue weighted by Crippen LogP contribution is 2.33. The van der Waals surface area contributed by atoms with Crippen LogP contribution in [-0.4, -0.2) is 38.6 Å². The summed E-state index contributed by atoms with van der Waals surface area (Å²) in [6.45, 7) is 8.35. The fraction of sp³-hybridized carbons (Fsp3) is 1.00. The van der Waals surface area contributed by atoms with Crippen molar-refractivity contribution >= 4 is 0 Å². The van der Waals surface area contributed by atoms with Crippen molar-refractivity contribution in [2.24, 2.45) is 11.3 Å². The van der Waals surface area contributed by atoms with Gasteiger partial charge in [-0.25, -0.2) is 0 Å². The van der Waals surface area contributed by atoms with Gasteiger partial charge in [-0.2, -0.15) is 0 Å². The van der Waals surface area contributed by atoms with E-state index in [0.717, 1.165) is 5.92 Å². The number of nitrogens with one attached hydrogen (secondary N) is 1. The van der Waals surface area contributed by atoms with Crippen molar-refractivity contribution < 1.29 is 0 Å². The SMILES string of the molecule is CCC(CN(C)C)C1(C)CNC1. The highest BCUT2D eigenvalue weighted by Gasteiger charge is 2.38. The number of nitrogens with zero attached hydrogens (tertiary/aromatic N) is 1. The first-order chi connectivity index (χ1) is 5.58. The number of hydrogen-bond donors (Lipinski definition) is 1. The van der Waals surface area contributed by atoms with E-state index in [1.54, 1.807) is 0 Å². The summed E-state index contributed by atoms with van der Waals surface area (Å²) in [6.07, 6.45) is 1.30. The first kappa shape index (κ1) is 10.0. The molecule has 0 aromatic rings. The van der Waals surface area contributed by atoms with E-state index in [1.807, 2.05) is 0 Å². The van der Waals surface area contributed by atoms with Crippen molar-refractivity contribution in [3.8, 4) is 0 Å². The third-order valence-corrected chi connectivity index (χ3v) is 3.12. The monoisotopic (exact) mass is 170 g/mol. The van der Waals surface area contributed by atoms with Gasteiger partial charge in [-0.1, -0.05) is 20.3 Å². The van der Waals surface area contributed by atoms with E-state index in [2.05, 4.69) is 38.2 Å². The van der Waals surface area contributed by atoms with Crippen LogP contribution >= 0.6 is 0 Å². The second kappa shape index (κ2) is 3.75. The lowest BCUT2D eigenvalue weighted by molar-refractivity contribution is 0.0765. The van der Waals surface area contributed by atoms with Crippen LogP contribution in [0.15, 0.2) is 0 Å². The Morgan fingerprint density at radius 3 is 2.25 bits per heavy atom. The van der Waals surface area contributed by atoms with Crippen LogP contribution in [0.25, 0.3) is 0 Å². The van der Waals surface area contributed by atoms with Gasteiger partial charge in [0.05, 0.1) is 0 Å². The molecule has 1 unspecified atom stereocenters. The molecule has 1 rings (SSSR count). The molecule has 1 N–H and O–H groups in total. The van der Waals surface area contributed by atoms with Crippen LogP contribution in [0.2, 0.25) is 0 Å². The van der Waals surface area contributed by atoms with Gasteiger partial charge < -0.3 is 10.2 Å². The minimum absolute atomic E-state index is 0.568. The average molecular weight is 170 g/mol. The quantitative estimate of drug-likeness (QED) is 0.681. The minimum Gasteiger partial charge on any atom is -0.316 e. The van der Waals surface area contributed by atoms with Gasteiger partial charge in [0, 0.05) is 19.6 Å². The predicted octanol–water partition coefficient (Wildman–Crippen LogP) is 1.18.